The first-order valence-corrected chi connectivity index (χ1v) is 18.5. The fourth-order valence-electron chi connectivity index (χ4n) is 5.26. The van der Waals surface area contributed by atoms with Crippen LogP contribution < -0.4 is 5.11 Å². The molecule has 3 rings (SSSR count). The van der Waals surface area contributed by atoms with Crippen molar-refractivity contribution in [2.24, 2.45) is 0 Å². The van der Waals surface area contributed by atoms with Crippen molar-refractivity contribution in [2.75, 3.05) is 0 Å². The summed E-state index contributed by atoms with van der Waals surface area (Å²) in [5.41, 5.74) is 4.44. The second kappa shape index (κ2) is 22.9. The molecule has 3 aromatic carbocycles. The zero-order chi connectivity index (χ0) is 31.1. The van der Waals surface area contributed by atoms with Gasteiger partial charge < -0.3 is 9.90 Å². The first kappa shape index (κ1) is 36.7. The largest absolute Gasteiger partial charge is 0.550 e. The Kier molecular flexibility index (Phi) is 19.6. The van der Waals surface area contributed by atoms with E-state index in [4.69, 9.17) is 0 Å². The van der Waals surface area contributed by atoms with E-state index in [9.17, 15) is 9.90 Å². The maximum absolute atomic E-state index is 9.49. The van der Waals surface area contributed by atoms with Crippen molar-refractivity contribution in [3.63, 3.8) is 0 Å². The summed E-state index contributed by atoms with van der Waals surface area (Å²) >= 11 is 0. The van der Waals surface area contributed by atoms with Crippen LogP contribution in [0.15, 0.2) is 87.5 Å². The van der Waals surface area contributed by atoms with Gasteiger partial charge >= 0.3 is 0 Å². The number of hydrogen-bond donors (Lipinski definition) is 0. The number of aryl methyl sites for hydroxylation is 3. The smallest absolute Gasteiger partial charge is 0.166 e. The first-order chi connectivity index (χ1) is 21.0. The van der Waals surface area contributed by atoms with Crippen LogP contribution >= 0.6 is 0 Å². The highest BCUT2D eigenvalue weighted by atomic mass is 32.2. The molecule has 43 heavy (non-hydrogen) atoms. The minimum absolute atomic E-state index is 0.0657. The number of rotatable bonds is 20. The number of carbonyl (C=O) groups excluding carboxylic acids is 1. The van der Waals surface area contributed by atoms with Gasteiger partial charge in [0.25, 0.3) is 0 Å². The lowest BCUT2D eigenvalue weighted by Crippen LogP contribution is -2.20. The van der Waals surface area contributed by atoms with Gasteiger partial charge in [-0.2, -0.15) is 0 Å². The molecule has 0 bridgehead atoms. The van der Waals surface area contributed by atoms with Crippen molar-refractivity contribution in [2.45, 2.75) is 152 Å². The van der Waals surface area contributed by atoms with Gasteiger partial charge in [-0.1, -0.05) is 128 Å². The molecular weight excluding hydrogens is 545 g/mol. The van der Waals surface area contributed by atoms with Gasteiger partial charge in [-0.25, -0.2) is 0 Å². The van der Waals surface area contributed by atoms with E-state index in [1.165, 1.54) is 128 Å². The van der Waals surface area contributed by atoms with Crippen molar-refractivity contribution in [3.8, 4) is 0 Å². The molecule has 0 N–H and O–H groups in total. The van der Waals surface area contributed by atoms with Crippen LogP contribution in [-0.2, 0) is 35.0 Å². The monoisotopic (exact) mass is 602 g/mol. The van der Waals surface area contributed by atoms with Crippen LogP contribution in [0, 0.1) is 0 Å². The number of carboxylic acid groups (broad SMARTS) is 1. The zero-order valence-corrected chi connectivity index (χ0v) is 28.5. The summed E-state index contributed by atoms with van der Waals surface area (Å²) in [7, 11) is -0.0657. The van der Waals surface area contributed by atoms with Gasteiger partial charge in [0.2, 0.25) is 0 Å². The molecular formula is C40H58O2S. The molecule has 0 saturated carbocycles. The molecule has 236 valence electrons. The number of benzene rings is 3. The average Bonchev–Trinajstić information content (AvgIpc) is 3.02. The summed E-state index contributed by atoms with van der Waals surface area (Å²) in [4.78, 5) is 13.8. The van der Waals surface area contributed by atoms with Gasteiger partial charge in [0.15, 0.2) is 14.7 Å². The lowest BCUT2D eigenvalue weighted by Gasteiger charge is -2.11. The summed E-state index contributed by atoms with van der Waals surface area (Å²) in [6.07, 6.45) is 20.4. The molecule has 0 aliphatic carbocycles. The fraction of sp³-hybridized carbons (Fsp3) is 0.525. The van der Waals surface area contributed by atoms with Crippen molar-refractivity contribution in [1.82, 2.24) is 0 Å². The molecule has 3 heteroatoms. The SMILES string of the molecule is CCCC(=O)[O-].CCCCCCc1ccc([S+](c2ccc(CCCCCC)cc2)c2ccc(CCCCCC)cc2)cc1. The molecule has 0 radical (unpaired) electrons. The topological polar surface area (TPSA) is 40.1 Å². The van der Waals surface area contributed by atoms with Crippen molar-refractivity contribution >= 4 is 16.9 Å². The molecule has 0 saturated heterocycles. The third kappa shape index (κ3) is 15.2. The Morgan fingerprint density at radius 2 is 0.767 bits per heavy atom. The predicted octanol–water partition coefficient (Wildman–Crippen LogP) is 10.7. The lowest BCUT2D eigenvalue weighted by atomic mass is 10.1. The summed E-state index contributed by atoms with van der Waals surface area (Å²) in [6.45, 7) is 8.66. The number of hydrogen-bond acceptors (Lipinski definition) is 2. The van der Waals surface area contributed by atoms with E-state index in [1.807, 2.05) is 0 Å². The van der Waals surface area contributed by atoms with E-state index in [-0.39, 0.29) is 17.3 Å². The summed E-state index contributed by atoms with van der Waals surface area (Å²) in [5.74, 6) is -0.961. The van der Waals surface area contributed by atoms with Crippen LogP contribution in [0.3, 0.4) is 0 Å². The molecule has 2 nitrogen and oxygen atoms in total. The lowest BCUT2D eigenvalue weighted by molar-refractivity contribution is -0.305. The van der Waals surface area contributed by atoms with Crippen LogP contribution in [-0.4, -0.2) is 5.97 Å². The van der Waals surface area contributed by atoms with Crippen LogP contribution in [0.2, 0.25) is 0 Å². The summed E-state index contributed by atoms with van der Waals surface area (Å²) < 4.78 is 0. The maximum Gasteiger partial charge on any atom is 0.166 e. The normalized spacial score (nSPS) is 10.9. The molecule has 0 fully saturated rings. The van der Waals surface area contributed by atoms with Crippen LogP contribution in [0.25, 0.3) is 0 Å². The highest BCUT2D eigenvalue weighted by molar-refractivity contribution is 7.97. The van der Waals surface area contributed by atoms with Gasteiger partial charge in [-0.05, 0) is 98.0 Å². The van der Waals surface area contributed by atoms with Crippen LogP contribution in [0.5, 0.6) is 0 Å². The van der Waals surface area contributed by atoms with Gasteiger partial charge in [0, 0.05) is 5.97 Å². The fourth-order valence-corrected chi connectivity index (χ4v) is 7.30. The van der Waals surface area contributed by atoms with Crippen molar-refractivity contribution < 1.29 is 9.90 Å². The Labute approximate surface area is 267 Å². The minimum atomic E-state index is -0.961. The highest BCUT2D eigenvalue weighted by Gasteiger charge is 2.28. The highest BCUT2D eigenvalue weighted by Crippen LogP contribution is 2.32. The van der Waals surface area contributed by atoms with E-state index < -0.39 is 5.97 Å². The molecule has 0 aliphatic rings. The minimum Gasteiger partial charge on any atom is -0.550 e. The third-order valence-corrected chi connectivity index (χ3v) is 10.1. The maximum atomic E-state index is 9.49. The number of unbranched alkanes of at least 4 members (excludes halogenated alkanes) is 9. The molecule has 0 aromatic heterocycles. The predicted molar refractivity (Wildman–Crippen MR) is 185 cm³/mol. The number of aliphatic carboxylic acids is 1. The van der Waals surface area contributed by atoms with Gasteiger partial charge in [-0.3, -0.25) is 0 Å². The van der Waals surface area contributed by atoms with E-state index in [1.54, 1.807) is 6.92 Å². The Hall–Kier alpha value is -2.52. The Morgan fingerprint density at radius 3 is 0.977 bits per heavy atom. The standard InChI is InChI=1S/C36H51S.C4H8O2/c1-4-7-10-13-16-31-19-25-34(26-20-31)37(35-27-21-32(22-28-35)17-14-11-8-5-2)36-29-23-33(24-30-36)18-15-12-9-6-3;1-2-3-4(5)6/h19-30H,4-18H2,1-3H3;2-3H2,1H3,(H,5,6)/q+1;/p-1. The quantitative estimate of drug-likeness (QED) is 0.0953. The Bertz CT molecular complexity index is 971. The van der Waals surface area contributed by atoms with E-state index in [0.29, 0.717) is 6.42 Å². The average molecular weight is 603 g/mol. The first-order valence-electron chi connectivity index (χ1n) is 17.2. The molecule has 0 aliphatic heterocycles. The van der Waals surface area contributed by atoms with Gasteiger partial charge in [0.1, 0.15) is 0 Å². The van der Waals surface area contributed by atoms with E-state index in [0.717, 1.165) is 0 Å². The third-order valence-electron chi connectivity index (χ3n) is 7.89. The van der Waals surface area contributed by atoms with E-state index >= 15 is 0 Å². The van der Waals surface area contributed by atoms with Crippen LogP contribution in [0.1, 0.15) is 134 Å². The zero-order valence-electron chi connectivity index (χ0n) is 27.7. The summed E-state index contributed by atoms with van der Waals surface area (Å²) in [6, 6.07) is 28.7. The van der Waals surface area contributed by atoms with Gasteiger partial charge in [0.05, 0.1) is 10.9 Å². The second-order valence-electron chi connectivity index (χ2n) is 11.8. The van der Waals surface area contributed by atoms with Gasteiger partial charge in [-0.15, -0.1) is 0 Å². The Balaban J connectivity index is 0.000000973. The molecule has 0 heterocycles. The van der Waals surface area contributed by atoms with E-state index in [2.05, 4.69) is 93.6 Å². The molecule has 0 spiro atoms. The number of carbonyl (C=O) groups is 1. The summed E-state index contributed by atoms with van der Waals surface area (Å²) in [5, 5.41) is 9.49. The molecule has 0 atom stereocenters. The molecule has 0 amide bonds. The number of carboxylic acids is 1. The van der Waals surface area contributed by atoms with Crippen molar-refractivity contribution in [3.05, 3.63) is 89.5 Å². The van der Waals surface area contributed by atoms with Crippen LogP contribution in [0.4, 0.5) is 0 Å². The van der Waals surface area contributed by atoms with Crippen molar-refractivity contribution in [1.29, 1.82) is 0 Å². The molecule has 0 unspecified atom stereocenters. The Morgan fingerprint density at radius 1 is 0.465 bits per heavy atom. The molecule has 3 aromatic rings. The second-order valence-corrected chi connectivity index (χ2v) is 13.8.